The van der Waals surface area contributed by atoms with E-state index in [0.29, 0.717) is 43.1 Å². The van der Waals surface area contributed by atoms with Crippen LogP contribution in [0.15, 0.2) is 41.3 Å². The third kappa shape index (κ3) is 4.90. The summed E-state index contributed by atoms with van der Waals surface area (Å²) in [7, 11) is -3.83. The van der Waals surface area contributed by atoms with Crippen molar-refractivity contribution < 1.29 is 17.9 Å². The topological polar surface area (TPSA) is 91.0 Å². The normalized spacial score (nSPS) is 17.3. The van der Waals surface area contributed by atoms with Crippen molar-refractivity contribution in [2.24, 2.45) is 0 Å². The van der Waals surface area contributed by atoms with Gasteiger partial charge in [-0.2, -0.15) is 0 Å². The molecule has 2 aromatic rings. The molecule has 8 nitrogen and oxygen atoms in total. The van der Waals surface area contributed by atoms with E-state index in [2.05, 4.69) is 14.9 Å². The Hall–Kier alpha value is -2.62. The predicted octanol–water partition coefficient (Wildman–Crippen LogP) is 1.99. The van der Waals surface area contributed by atoms with E-state index < -0.39 is 10.0 Å². The lowest BCUT2D eigenvalue weighted by molar-refractivity contribution is 0.0303. The van der Waals surface area contributed by atoms with Crippen molar-refractivity contribution in [3.63, 3.8) is 0 Å². The monoisotopic (exact) mass is 458 g/mol. The second kappa shape index (κ2) is 9.48. The molecule has 2 N–H and O–H groups in total. The lowest BCUT2D eigenvalue weighted by Crippen LogP contribution is -2.44. The Kier molecular flexibility index (Phi) is 6.68. The molecular formula is C23H30N4O4S. The summed E-state index contributed by atoms with van der Waals surface area (Å²) in [6, 6.07) is 10.6. The molecule has 2 fully saturated rings. The van der Waals surface area contributed by atoms with Crippen LogP contribution >= 0.6 is 0 Å². The van der Waals surface area contributed by atoms with E-state index in [1.807, 2.05) is 19.1 Å². The number of piperazine rings is 1. The second-order valence-corrected chi connectivity index (χ2v) is 9.90. The number of benzene rings is 2. The maximum absolute atomic E-state index is 13.3. The van der Waals surface area contributed by atoms with Crippen LogP contribution in [0.2, 0.25) is 0 Å². The fourth-order valence-electron chi connectivity index (χ4n) is 4.18. The zero-order valence-corrected chi connectivity index (χ0v) is 19.4. The molecule has 0 saturated carbocycles. The Morgan fingerprint density at radius 3 is 2.41 bits per heavy atom. The minimum absolute atomic E-state index is 0.118. The van der Waals surface area contributed by atoms with Gasteiger partial charge in [-0.3, -0.25) is 9.52 Å². The van der Waals surface area contributed by atoms with E-state index in [1.54, 1.807) is 36.1 Å². The van der Waals surface area contributed by atoms with E-state index in [0.717, 1.165) is 37.4 Å². The molecule has 2 aliphatic rings. The van der Waals surface area contributed by atoms with Crippen LogP contribution in [0.4, 0.5) is 11.4 Å². The van der Waals surface area contributed by atoms with Crippen LogP contribution in [0.3, 0.4) is 0 Å². The van der Waals surface area contributed by atoms with E-state index in [1.165, 1.54) is 0 Å². The molecule has 2 aliphatic heterocycles. The van der Waals surface area contributed by atoms with E-state index >= 15 is 0 Å². The van der Waals surface area contributed by atoms with Gasteiger partial charge in [0.15, 0.2) is 0 Å². The summed E-state index contributed by atoms with van der Waals surface area (Å²) in [6.07, 6.45) is 0. The average molecular weight is 459 g/mol. The Balaban J connectivity index is 1.70. The number of nitrogens with one attached hydrogen (secondary N) is 2. The number of amides is 1. The Morgan fingerprint density at radius 1 is 1.00 bits per heavy atom. The van der Waals surface area contributed by atoms with Gasteiger partial charge in [0.2, 0.25) is 0 Å². The van der Waals surface area contributed by atoms with Gasteiger partial charge in [-0.05, 0) is 43.7 Å². The molecule has 0 aliphatic carbocycles. The number of anilines is 2. The number of hydrogen-bond acceptors (Lipinski definition) is 6. The summed E-state index contributed by atoms with van der Waals surface area (Å²) < 4.78 is 34.7. The highest BCUT2D eigenvalue weighted by molar-refractivity contribution is 7.92. The molecule has 0 radical (unpaired) electrons. The van der Waals surface area contributed by atoms with Crippen molar-refractivity contribution >= 4 is 27.3 Å². The molecule has 2 saturated heterocycles. The number of hydrogen-bond donors (Lipinski definition) is 2. The molecule has 0 atom stereocenters. The first-order valence-corrected chi connectivity index (χ1v) is 12.4. The largest absolute Gasteiger partial charge is 0.378 e. The van der Waals surface area contributed by atoms with Crippen LogP contribution in [0.5, 0.6) is 0 Å². The van der Waals surface area contributed by atoms with Crippen molar-refractivity contribution in [1.82, 2.24) is 10.2 Å². The first-order chi connectivity index (χ1) is 15.3. The van der Waals surface area contributed by atoms with Gasteiger partial charge in [0.1, 0.15) is 0 Å². The third-order valence-electron chi connectivity index (χ3n) is 5.86. The summed E-state index contributed by atoms with van der Waals surface area (Å²) >= 11 is 0. The molecule has 0 aromatic heterocycles. The zero-order valence-electron chi connectivity index (χ0n) is 18.6. The van der Waals surface area contributed by atoms with E-state index in [9.17, 15) is 13.2 Å². The summed E-state index contributed by atoms with van der Waals surface area (Å²) in [5.41, 5.74) is 3.34. The van der Waals surface area contributed by atoms with Crippen molar-refractivity contribution in [3.8, 4) is 0 Å². The van der Waals surface area contributed by atoms with Gasteiger partial charge in [0.05, 0.1) is 29.5 Å². The lowest BCUT2D eigenvalue weighted by Gasteiger charge is -2.32. The quantitative estimate of drug-likeness (QED) is 0.712. The summed E-state index contributed by atoms with van der Waals surface area (Å²) in [6.45, 7) is 8.95. The van der Waals surface area contributed by atoms with E-state index in [-0.39, 0.29) is 10.8 Å². The molecule has 4 rings (SSSR count). The average Bonchev–Trinajstić information content (AvgIpc) is 2.79. The molecule has 0 bridgehead atoms. The van der Waals surface area contributed by atoms with Crippen molar-refractivity contribution in [2.75, 3.05) is 62.1 Å². The molecular weight excluding hydrogens is 428 g/mol. The number of sulfonamides is 1. The highest BCUT2D eigenvalue weighted by Crippen LogP contribution is 2.31. The van der Waals surface area contributed by atoms with E-state index in [4.69, 9.17) is 4.74 Å². The van der Waals surface area contributed by atoms with Crippen LogP contribution in [-0.2, 0) is 14.8 Å². The number of carbonyl (C=O) groups is 1. The fraction of sp³-hybridized carbons (Fsp3) is 0.435. The Labute approximate surface area is 189 Å². The maximum Gasteiger partial charge on any atom is 0.262 e. The lowest BCUT2D eigenvalue weighted by atomic mass is 10.1. The number of ether oxygens (including phenoxy) is 1. The predicted molar refractivity (Wildman–Crippen MR) is 125 cm³/mol. The van der Waals surface area contributed by atoms with Crippen molar-refractivity contribution in [3.05, 3.63) is 53.1 Å². The fourth-order valence-corrected chi connectivity index (χ4v) is 5.47. The van der Waals surface area contributed by atoms with Gasteiger partial charge in [-0.1, -0.05) is 17.7 Å². The molecule has 1 amide bonds. The SMILES string of the molecule is Cc1ccc(S(=O)(=O)Nc2cc(C(=O)N3CCOCC3)ccc2N2CCNCC2)c(C)c1. The number of carbonyl (C=O) groups excluding carboxylic acids is 1. The van der Waals surface area contributed by atoms with Crippen LogP contribution in [0.25, 0.3) is 0 Å². The number of rotatable bonds is 5. The summed E-state index contributed by atoms with van der Waals surface area (Å²) in [5.74, 6) is -0.118. The van der Waals surface area contributed by atoms with Gasteiger partial charge < -0.3 is 19.9 Å². The highest BCUT2D eigenvalue weighted by atomic mass is 32.2. The Morgan fingerprint density at radius 2 is 1.72 bits per heavy atom. The standard InChI is InChI=1S/C23H30N4O4S/c1-17-3-6-22(18(2)15-17)32(29,30)25-20-16-19(23(28)27-11-13-31-14-12-27)4-5-21(20)26-9-7-24-8-10-26/h3-6,15-16,24-25H,7-14H2,1-2H3. The van der Waals surface area contributed by atoms with Gasteiger partial charge in [0, 0.05) is 44.8 Å². The molecule has 172 valence electrons. The molecule has 0 spiro atoms. The van der Waals surface area contributed by atoms with Crippen LogP contribution in [0, 0.1) is 13.8 Å². The summed E-state index contributed by atoms with van der Waals surface area (Å²) in [5, 5.41) is 3.31. The molecule has 0 unspecified atom stereocenters. The van der Waals surface area contributed by atoms with Crippen molar-refractivity contribution in [2.45, 2.75) is 18.7 Å². The first-order valence-electron chi connectivity index (χ1n) is 10.9. The van der Waals surface area contributed by atoms with Crippen LogP contribution in [0.1, 0.15) is 21.5 Å². The minimum Gasteiger partial charge on any atom is -0.378 e. The number of aryl methyl sites for hydroxylation is 2. The van der Waals surface area contributed by atoms with Gasteiger partial charge in [-0.15, -0.1) is 0 Å². The molecule has 32 heavy (non-hydrogen) atoms. The highest BCUT2D eigenvalue weighted by Gasteiger charge is 2.24. The molecule has 2 heterocycles. The summed E-state index contributed by atoms with van der Waals surface area (Å²) in [4.78, 5) is 17.2. The molecule has 2 aromatic carbocycles. The number of nitrogens with zero attached hydrogens (tertiary/aromatic N) is 2. The maximum atomic E-state index is 13.3. The molecule has 9 heteroatoms. The second-order valence-electron chi connectivity index (χ2n) is 8.25. The first kappa shape index (κ1) is 22.6. The zero-order chi connectivity index (χ0) is 22.7. The minimum atomic E-state index is -3.83. The van der Waals surface area contributed by atoms with Gasteiger partial charge >= 0.3 is 0 Å². The number of morpholine rings is 1. The van der Waals surface area contributed by atoms with Gasteiger partial charge in [-0.25, -0.2) is 8.42 Å². The Bertz CT molecular complexity index is 1090. The van der Waals surface area contributed by atoms with Gasteiger partial charge in [0.25, 0.3) is 15.9 Å². The third-order valence-corrected chi connectivity index (χ3v) is 7.39. The van der Waals surface area contributed by atoms with Crippen molar-refractivity contribution in [1.29, 1.82) is 0 Å². The van der Waals surface area contributed by atoms with Crippen LogP contribution in [-0.4, -0.2) is 71.7 Å². The smallest absolute Gasteiger partial charge is 0.262 e. The van der Waals surface area contributed by atoms with Crippen LogP contribution < -0.4 is 14.9 Å².